The summed E-state index contributed by atoms with van der Waals surface area (Å²) in [7, 11) is 0. The fourth-order valence-electron chi connectivity index (χ4n) is 3.56. The van der Waals surface area contributed by atoms with E-state index < -0.39 is 0 Å². The van der Waals surface area contributed by atoms with Crippen molar-refractivity contribution in [3.63, 3.8) is 0 Å². The van der Waals surface area contributed by atoms with Crippen molar-refractivity contribution in [3.8, 4) is 11.5 Å². The number of halogens is 2. The van der Waals surface area contributed by atoms with Crippen LogP contribution in [0.15, 0.2) is 53.9 Å². The van der Waals surface area contributed by atoms with Gasteiger partial charge in [-0.25, -0.2) is 0 Å². The average Bonchev–Trinajstić information content (AvgIpc) is 3.18. The summed E-state index contributed by atoms with van der Waals surface area (Å²) in [6.07, 6.45) is 0.752. The minimum atomic E-state index is -0.158. The van der Waals surface area contributed by atoms with E-state index in [-0.39, 0.29) is 17.9 Å². The second kappa shape index (κ2) is 9.29. The van der Waals surface area contributed by atoms with Gasteiger partial charge in [0.25, 0.3) is 5.91 Å². The molecule has 0 radical (unpaired) electrons. The van der Waals surface area contributed by atoms with Gasteiger partial charge in [0.05, 0.1) is 0 Å². The molecular formula is C23H21Cl2NO3S. The third kappa shape index (κ3) is 4.75. The smallest absolute Gasteiger partial charge is 0.265 e. The normalized spacial score (nSPS) is 14.8. The predicted molar refractivity (Wildman–Crippen MR) is 122 cm³/mol. The maximum atomic E-state index is 13.0. The van der Waals surface area contributed by atoms with Crippen molar-refractivity contribution in [1.82, 2.24) is 5.32 Å². The third-order valence-electron chi connectivity index (χ3n) is 5.14. The average molecular weight is 462 g/mol. The quantitative estimate of drug-likeness (QED) is 0.491. The Hall–Kier alpha value is -2.21. The molecule has 1 aromatic heterocycles. The molecule has 0 saturated carbocycles. The fraction of sp³-hybridized carbons (Fsp3) is 0.261. The zero-order valence-electron chi connectivity index (χ0n) is 16.4. The van der Waals surface area contributed by atoms with Crippen LogP contribution in [0.5, 0.6) is 11.5 Å². The molecule has 3 aromatic rings. The van der Waals surface area contributed by atoms with Gasteiger partial charge >= 0.3 is 0 Å². The summed E-state index contributed by atoms with van der Waals surface area (Å²) >= 11 is 13.5. The van der Waals surface area contributed by atoms with Crippen LogP contribution in [0.1, 0.15) is 33.6 Å². The van der Waals surface area contributed by atoms with Gasteiger partial charge in [-0.2, -0.15) is 0 Å². The number of hydrogen-bond donors (Lipinski definition) is 1. The highest BCUT2D eigenvalue weighted by Gasteiger charge is 2.27. The Kier molecular flexibility index (Phi) is 6.52. The highest BCUT2D eigenvalue weighted by molar-refractivity contribution is 7.12. The summed E-state index contributed by atoms with van der Waals surface area (Å²) in [4.78, 5) is 13.5. The van der Waals surface area contributed by atoms with Gasteiger partial charge in [-0.15, -0.1) is 11.3 Å². The molecule has 1 amide bonds. The molecule has 2 heterocycles. The van der Waals surface area contributed by atoms with E-state index in [1.165, 1.54) is 11.3 Å². The molecule has 0 aliphatic carbocycles. The van der Waals surface area contributed by atoms with Crippen molar-refractivity contribution in [2.24, 2.45) is 0 Å². The topological polar surface area (TPSA) is 47.6 Å². The van der Waals surface area contributed by atoms with Gasteiger partial charge in [-0.05, 0) is 48.7 Å². The molecule has 0 spiro atoms. The first kappa shape index (κ1) is 21.0. The lowest BCUT2D eigenvalue weighted by Crippen LogP contribution is -2.37. The van der Waals surface area contributed by atoms with Crippen LogP contribution in [0.3, 0.4) is 0 Å². The number of rotatable bonds is 6. The maximum Gasteiger partial charge on any atom is 0.265 e. The van der Waals surface area contributed by atoms with Crippen LogP contribution in [-0.2, 0) is 6.42 Å². The number of hydrogen-bond acceptors (Lipinski definition) is 4. The molecule has 2 atom stereocenters. The number of carbonyl (C=O) groups is 1. The minimum Gasteiger partial charge on any atom is -0.485 e. The first-order valence-electron chi connectivity index (χ1n) is 9.69. The number of fused-ring (bicyclic) bond motifs is 1. The van der Waals surface area contributed by atoms with Gasteiger partial charge in [0, 0.05) is 27.4 Å². The van der Waals surface area contributed by atoms with E-state index in [1.54, 1.807) is 0 Å². The summed E-state index contributed by atoms with van der Waals surface area (Å²) in [5.74, 6) is 1.07. The Morgan fingerprint density at radius 1 is 1.03 bits per heavy atom. The van der Waals surface area contributed by atoms with Crippen molar-refractivity contribution >= 4 is 40.4 Å². The first-order chi connectivity index (χ1) is 14.5. The van der Waals surface area contributed by atoms with Crippen molar-refractivity contribution in [2.45, 2.75) is 25.3 Å². The number of carbonyl (C=O) groups excluding carboxylic acids is 1. The monoisotopic (exact) mass is 461 g/mol. The van der Waals surface area contributed by atoms with Crippen molar-refractivity contribution in [3.05, 3.63) is 80.0 Å². The Balaban J connectivity index is 1.56. The number of benzene rings is 2. The van der Waals surface area contributed by atoms with E-state index >= 15 is 0 Å². The standard InChI is InChI=1S/C23H21Cl2NO3S/c1-14(26-23(27)22-21-20(13-30-22)28-10-11-29-21)19(16-4-8-18(25)9-5-16)12-15-2-6-17(24)7-3-15/h2-9,13-14,19H,10-12H2,1H3,(H,26,27)/t14-,19+/m1/s1. The van der Waals surface area contributed by atoms with Gasteiger partial charge in [-0.1, -0.05) is 47.5 Å². The van der Waals surface area contributed by atoms with Gasteiger partial charge in [0.15, 0.2) is 11.5 Å². The summed E-state index contributed by atoms with van der Waals surface area (Å²) < 4.78 is 11.2. The van der Waals surface area contributed by atoms with E-state index in [4.69, 9.17) is 32.7 Å². The number of nitrogens with one attached hydrogen (secondary N) is 1. The number of thiophene rings is 1. The predicted octanol–water partition coefficient (Wildman–Crippen LogP) is 5.97. The first-order valence-corrected chi connectivity index (χ1v) is 11.3. The highest BCUT2D eigenvalue weighted by atomic mass is 35.5. The van der Waals surface area contributed by atoms with Gasteiger partial charge in [0.2, 0.25) is 0 Å². The van der Waals surface area contributed by atoms with Crippen LogP contribution in [0.4, 0.5) is 0 Å². The molecule has 0 fully saturated rings. The summed E-state index contributed by atoms with van der Waals surface area (Å²) in [5, 5.41) is 6.36. The molecular weight excluding hydrogens is 441 g/mol. The summed E-state index contributed by atoms with van der Waals surface area (Å²) in [6.45, 7) is 2.97. The van der Waals surface area contributed by atoms with Gasteiger partial charge in [0.1, 0.15) is 18.1 Å². The number of amides is 1. The number of ether oxygens (including phenoxy) is 2. The zero-order valence-corrected chi connectivity index (χ0v) is 18.7. The van der Waals surface area contributed by atoms with E-state index in [1.807, 2.05) is 60.8 Å². The molecule has 1 N–H and O–H groups in total. The van der Waals surface area contributed by atoms with Crippen molar-refractivity contribution in [2.75, 3.05) is 13.2 Å². The van der Waals surface area contributed by atoms with E-state index in [9.17, 15) is 4.79 Å². The molecule has 0 unspecified atom stereocenters. The van der Waals surface area contributed by atoms with Crippen LogP contribution in [0, 0.1) is 0 Å². The molecule has 7 heteroatoms. The Morgan fingerprint density at radius 2 is 1.67 bits per heavy atom. The lowest BCUT2D eigenvalue weighted by molar-refractivity contribution is 0.0929. The van der Waals surface area contributed by atoms with E-state index in [2.05, 4.69) is 5.32 Å². The van der Waals surface area contributed by atoms with Crippen molar-refractivity contribution < 1.29 is 14.3 Å². The molecule has 156 valence electrons. The molecule has 2 aromatic carbocycles. The van der Waals surface area contributed by atoms with Crippen LogP contribution >= 0.6 is 34.5 Å². The second-order valence-electron chi connectivity index (χ2n) is 7.21. The lowest BCUT2D eigenvalue weighted by atomic mass is 9.86. The summed E-state index contributed by atoms with van der Waals surface area (Å²) in [5.41, 5.74) is 2.25. The molecule has 0 bridgehead atoms. The van der Waals surface area contributed by atoms with Gasteiger partial charge in [-0.3, -0.25) is 4.79 Å². The summed E-state index contributed by atoms with van der Waals surface area (Å²) in [6, 6.07) is 15.4. The van der Waals surface area contributed by atoms with Crippen LogP contribution in [-0.4, -0.2) is 25.2 Å². The Morgan fingerprint density at radius 3 is 2.37 bits per heavy atom. The van der Waals surface area contributed by atoms with Gasteiger partial charge < -0.3 is 14.8 Å². The van der Waals surface area contributed by atoms with Crippen molar-refractivity contribution in [1.29, 1.82) is 0 Å². The SMILES string of the molecule is C[C@@H](NC(=O)c1scc2c1OCCO2)[C@H](Cc1ccc(Cl)cc1)c1ccc(Cl)cc1. The zero-order chi connectivity index (χ0) is 21.1. The molecule has 1 aliphatic rings. The van der Waals surface area contributed by atoms with E-state index in [0.717, 1.165) is 17.5 Å². The molecule has 4 nitrogen and oxygen atoms in total. The second-order valence-corrected chi connectivity index (χ2v) is 8.96. The Bertz CT molecular complexity index is 1020. The molecule has 4 rings (SSSR count). The van der Waals surface area contributed by atoms with Crippen LogP contribution in [0.2, 0.25) is 10.0 Å². The van der Waals surface area contributed by atoms with E-state index in [0.29, 0.717) is 39.6 Å². The maximum absolute atomic E-state index is 13.0. The largest absolute Gasteiger partial charge is 0.485 e. The minimum absolute atomic E-state index is 0.0559. The lowest BCUT2D eigenvalue weighted by Gasteiger charge is -2.26. The fourth-order valence-corrected chi connectivity index (χ4v) is 4.64. The third-order valence-corrected chi connectivity index (χ3v) is 6.58. The molecule has 30 heavy (non-hydrogen) atoms. The Labute approximate surface area is 189 Å². The molecule has 1 aliphatic heterocycles. The molecule has 0 saturated heterocycles. The van der Waals surface area contributed by atoms with Crippen LogP contribution < -0.4 is 14.8 Å². The highest BCUT2D eigenvalue weighted by Crippen LogP contribution is 2.39. The van der Waals surface area contributed by atoms with Crippen LogP contribution in [0.25, 0.3) is 0 Å².